The van der Waals surface area contributed by atoms with E-state index in [1.165, 1.54) is 11.6 Å². The molecule has 132 valence electrons. The molecular formula is C22H21FN2O. The number of nitrogens with zero attached hydrogens (tertiary/aromatic N) is 2. The second-order valence-corrected chi connectivity index (χ2v) is 7.38. The summed E-state index contributed by atoms with van der Waals surface area (Å²) in [5, 5.41) is 0.747. The van der Waals surface area contributed by atoms with Gasteiger partial charge in [-0.2, -0.15) is 0 Å². The topological polar surface area (TPSA) is 34.5 Å². The van der Waals surface area contributed by atoms with Gasteiger partial charge in [-0.25, -0.2) is 9.38 Å². The molecule has 4 heteroatoms. The Kier molecular flexibility index (Phi) is 4.19. The lowest BCUT2D eigenvalue weighted by Gasteiger charge is -2.34. The molecule has 0 saturated carbocycles. The van der Waals surface area contributed by atoms with Crippen molar-refractivity contribution >= 4 is 16.8 Å². The van der Waals surface area contributed by atoms with E-state index in [1.807, 2.05) is 30.3 Å². The zero-order valence-electron chi connectivity index (χ0n) is 14.9. The predicted octanol–water partition coefficient (Wildman–Crippen LogP) is 4.93. The highest BCUT2D eigenvalue weighted by Crippen LogP contribution is 2.29. The molecular weight excluding hydrogens is 327 g/mol. The van der Waals surface area contributed by atoms with Gasteiger partial charge >= 0.3 is 0 Å². The van der Waals surface area contributed by atoms with Gasteiger partial charge in [0.2, 0.25) is 5.90 Å². The van der Waals surface area contributed by atoms with Gasteiger partial charge in [-0.05, 0) is 38.0 Å². The van der Waals surface area contributed by atoms with E-state index in [9.17, 15) is 4.39 Å². The molecule has 1 aliphatic rings. The first kappa shape index (κ1) is 16.7. The molecule has 4 rings (SSSR count). The Morgan fingerprint density at radius 3 is 2.73 bits per heavy atom. The number of pyridine rings is 1. The maximum atomic E-state index is 13.9. The minimum atomic E-state index is -0.317. The first-order valence-electron chi connectivity index (χ1n) is 8.86. The molecule has 0 amide bonds. The normalized spacial score (nSPS) is 19.0. The third-order valence-corrected chi connectivity index (χ3v) is 4.62. The van der Waals surface area contributed by atoms with Gasteiger partial charge in [-0.15, -0.1) is 0 Å². The summed E-state index contributed by atoms with van der Waals surface area (Å²) >= 11 is 0. The Hall–Kier alpha value is -2.75. The number of fused-ring (bicyclic) bond motifs is 1. The van der Waals surface area contributed by atoms with E-state index < -0.39 is 0 Å². The molecule has 0 spiro atoms. The molecule has 26 heavy (non-hydrogen) atoms. The first-order valence-corrected chi connectivity index (χ1v) is 8.86. The average molecular weight is 348 g/mol. The van der Waals surface area contributed by atoms with Crippen molar-refractivity contribution in [2.24, 2.45) is 4.99 Å². The van der Waals surface area contributed by atoms with Gasteiger partial charge in [0.15, 0.2) is 0 Å². The van der Waals surface area contributed by atoms with Crippen LogP contribution >= 0.6 is 0 Å². The van der Waals surface area contributed by atoms with Gasteiger partial charge in [0.1, 0.15) is 16.9 Å². The lowest BCUT2D eigenvalue weighted by molar-refractivity contribution is 0.0634. The van der Waals surface area contributed by atoms with Crippen LogP contribution in [0.4, 0.5) is 4.39 Å². The third kappa shape index (κ3) is 3.45. The van der Waals surface area contributed by atoms with Crippen LogP contribution in [0.1, 0.15) is 31.4 Å². The number of hydrogen-bond acceptors (Lipinski definition) is 3. The third-order valence-electron chi connectivity index (χ3n) is 4.62. The zero-order chi connectivity index (χ0) is 18.1. The quantitative estimate of drug-likeness (QED) is 0.672. The van der Waals surface area contributed by atoms with Crippen molar-refractivity contribution in [3.63, 3.8) is 0 Å². The molecule has 3 aromatic rings. The number of hydrogen-bond donors (Lipinski definition) is 0. The molecule has 0 radical (unpaired) electrons. The highest BCUT2D eigenvalue weighted by Gasteiger charge is 2.32. The number of rotatable bonds is 3. The highest BCUT2D eigenvalue weighted by atomic mass is 19.1. The highest BCUT2D eigenvalue weighted by molar-refractivity contribution is 5.97. The maximum absolute atomic E-state index is 13.9. The number of ether oxygens (including phenoxy) is 1. The van der Waals surface area contributed by atoms with Crippen molar-refractivity contribution in [3.05, 3.63) is 77.7 Å². The largest absolute Gasteiger partial charge is 0.471 e. The molecule has 0 fully saturated rings. The minimum Gasteiger partial charge on any atom is -0.471 e. The molecule has 2 aromatic carbocycles. The lowest BCUT2D eigenvalue weighted by atomic mass is 9.93. The molecule has 0 aliphatic carbocycles. The van der Waals surface area contributed by atoms with Crippen LogP contribution in [0, 0.1) is 5.82 Å². The fraction of sp³-hybridized carbons (Fsp3) is 0.273. The maximum Gasteiger partial charge on any atom is 0.218 e. The fourth-order valence-electron chi connectivity index (χ4n) is 3.49. The number of aliphatic imine (C=N–C) groups is 1. The van der Waals surface area contributed by atoms with Gasteiger partial charge < -0.3 is 4.74 Å². The predicted molar refractivity (Wildman–Crippen MR) is 102 cm³/mol. The number of halogens is 1. The fourth-order valence-corrected chi connectivity index (χ4v) is 3.49. The molecule has 0 bridgehead atoms. The van der Waals surface area contributed by atoms with E-state index in [2.05, 4.69) is 31.0 Å². The van der Waals surface area contributed by atoms with E-state index in [-0.39, 0.29) is 17.5 Å². The summed E-state index contributed by atoms with van der Waals surface area (Å²) in [6.45, 7) is 4.15. The Morgan fingerprint density at radius 1 is 1.12 bits per heavy atom. The second-order valence-electron chi connectivity index (χ2n) is 7.38. The SMILES string of the molecule is CC1(C)CC(Cc2ccccc2)N=C(c2cnc3c(F)cccc3c2)O1. The summed E-state index contributed by atoms with van der Waals surface area (Å²) in [6.07, 6.45) is 3.36. The van der Waals surface area contributed by atoms with Crippen LogP contribution in [0.3, 0.4) is 0 Å². The van der Waals surface area contributed by atoms with Crippen LogP contribution in [-0.4, -0.2) is 22.5 Å². The molecule has 3 nitrogen and oxygen atoms in total. The summed E-state index contributed by atoms with van der Waals surface area (Å²) in [6, 6.07) is 17.4. The van der Waals surface area contributed by atoms with Crippen LogP contribution in [0.5, 0.6) is 0 Å². The van der Waals surface area contributed by atoms with Gasteiger partial charge in [0, 0.05) is 18.0 Å². The zero-order valence-corrected chi connectivity index (χ0v) is 14.9. The Balaban J connectivity index is 1.69. The van der Waals surface area contributed by atoms with Crippen LogP contribution in [0.2, 0.25) is 0 Å². The van der Waals surface area contributed by atoms with Crippen molar-refractivity contribution in [1.29, 1.82) is 0 Å². The Bertz CT molecular complexity index is 966. The lowest BCUT2D eigenvalue weighted by Crippen LogP contribution is -2.38. The molecule has 0 N–H and O–H groups in total. The molecule has 1 unspecified atom stereocenters. The number of aromatic nitrogens is 1. The van der Waals surface area contributed by atoms with Gasteiger partial charge in [-0.3, -0.25) is 4.98 Å². The molecule has 0 saturated heterocycles. The monoisotopic (exact) mass is 348 g/mol. The summed E-state index contributed by atoms with van der Waals surface area (Å²) in [4.78, 5) is 9.11. The summed E-state index contributed by atoms with van der Waals surface area (Å²) in [5.74, 6) is 0.267. The van der Waals surface area contributed by atoms with E-state index >= 15 is 0 Å². The first-order chi connectivity index (χ1) is 12.5. The van der Waals surface area contributed by atoms with Crippen molar-refractivity contribution in [2.75, 3.05) is 0 Å². The van der Waals surface area contributed by atoms with E-state index in [1.54, 1.807) is 12.3 Å². The molecule has 2 heterocycles. The smallest absolute Gasteiger partial charge is 0.218 e. The minimum absolute atomic E-state index is 0.138. The average Bonchev–Trinajstić information content (AvgIpc) is 2.61. The summed E-state index contributed by atoms with van der Waals surface area (Å²) in [7, 11) is 0. The number of benzene rings is 2. The van der Waals surface area contributed by atoms with E-state index in [4.69, 9.17) is 9.73 Å². The molecule has 1 aromatic heterocycles. The molecule has 1 atom stereocenters. The van der Waals surface area contributed by atoms with Crippen LogP contribution in [0.15, 0.2) is 65.8 Å². The van der Waals surface area contributed by atoms with Crippen LogP contribution in [0.25, 0.3) is 10.9 Å². The second kappa shape index (κ2) is 6.52. The number of para-hydroxylation sites is 1. The van der Waals surface area contributed by atoms with Crippen molar-refractivity contribution in [3.8, 4) is 0 Å². The van der Waals surface area contributed by atoms with Gasteiger partial charge in [0.05, 0.1) is 11.6 Å². The standard InChI is InChI=1S/C22H21FN2O/c1-22(2)13-18(11-15-7-4-3-5-8-15)25-21(26-22)17-12-16-9-6-10-19(23)20(16)24-14-17/h3-10,12,14,18H,11,13H2,1-2H3. The molecule has 1 aliphatic heterocycles. The van der Waals surface area contributed by atoms with Gasteiger partial charge in [0.25, 0.3) is 0 Å². The Labute approximate surface area is 152 Å². The van der Waals surface area contributed by atoms with E-state index in [0.717, 1.165) is 23.8 Å². The van der Waals surface area contributed by atoms with Crippen molar-refractivity contribution in [1.82, 2.24) is 4.98 Å². The van der Waals surface area contributed by atoms with Crippen molar-refractivity contribution in [2.45, 2.75) is 38.3 Å². The van der Waals surface area contributed by atoms with Crippen LogP contribution < -0.4 is 0 Å². The summed E-state index contributed by atoms with van der Waals surface area (Å²) in [5.41, 5.74) is 2.10. The summed E-state index contributed by atoms with van der Waals surface area (Å²) < 4.78 is 20.0. The van der Waals surface area contributed by atoms with E-state index in [0.29, 0.717) is 11.4 Å². The van der Waals surface area contributed by atoms with Crippen molar-refractivity contribution < 1.29 is 9.13 Å². The Morgan fingerprint density at radius 2 is 1.92 bits per heavy atom. The van der Waals surface area contributed by atoms with Gasteiger partial charge in [-0.1, -0.05) is 42.5 Å². The van der Waals surface area contributed by atoms with Crippen LogP contribution in [-0.2, 0) is 11.2 Å².